The van der Waals surface area contributed by atoms with Crippen molar-refractivity contribution in [3.63, 3.8) is 0 Å². The number of aliphatic hydroxyl groups is 1. The van der Waals surface area contributed by atoms with Crippen LogP contribution in [0.1, 0.15) is 12.0 Å². The van der Waals surface area contributed by atoms with Crippen molar-refractivity contribution in [2.75, 3.05) is 13.1 Å². The number of thiophene rings is 1. The van der Waals surface area contributed by atoms with Gasteiger partial charge in [0.1, 0.15) is 0 Å². The smallest absolute Gasteiger partial charge is 0.0704 e. The van der Waals surface area contributed by atoms with Crippen LogP contribution in [0, 0.1) is 5.92 Å². The van der Waals surface area contributed by atoms with E-state index in [2.05, 4.69) is 22.1 Å². The fraction of sp³-hybridized carbons (Fsp3) is 0.600. The Hall–Kier alpha value is -0.380. The quantitative estimate of drug-likeness (QED) is 0.764. The summed E-state index contributed by atoms with van der Waals surface area (Å²) in [4.78, 5) is 0. The lowest BCUT2D eigenvalue weighted by Crippen LogP contribution is -2.18. The van der Waals surface area contributed by atoms with Crippen molar-refractivity contribution in [3.05, 3.63) is 22.4 Å². The topological polar surface area (TPSA) is 32.3 Å². The lowest BCUT2D eigenvalue weighted by molar-refractivity contribution is 0.143. The first-order chi connectivity index (χ1) is 6.36. The summed E-state index contributed by atoms with van der Waals surface area (Å²) in [7, 11) is 0. The highest BCUT2D eigenvalue weighted by Crippen LogP contribution is 2.17. The summed E-state index contributed by atoms with van der Waals surface area (Å²) in [5.74, 6) is 0.458. The molecular weight excluding hydrogens is 182 g/mol. The Labute approximate surface area is 82.6 Å². The van der Waals surface area contributed by atoms with Crippen LogP contribution in [-0.2, 0) is 6.42 Å². The largest absolute Gasteiger partial charge is 0.391 e. The van der Waals surface area contributed by atoms with Gasteiger partial charge in [0.15, 0.2) is 0 Å². The van der Waals surface area contributed by atoms with Gasteiger partial charge in [-0.1, -0.05) is 0 Å². The molecule has 2 N–H and O–H groups in total. The van der Waals surface area contributed by atoms with E-state index in [1.807, 2.05) is 0 Å². The maximum atomic E-state index is 9.56. The van der Waals surface area contributed by atoms with Gasteiger partial charge in [-0.2, -0.15) is 11.3 Å². The van der Waals surface area contributed by atoms with Crippen LogP contribution in [0.3, 0.4) is 0 Å². The lowest BCUT2D eigenvalue weighted by atomic mass is 9.98. The van der Waals surface area contributed by atoms with Crippen LogP contribution in [-0.4, -0.2) is 24.3 Å². The summed E-state index contributed by atoms with van der Waals surface area (Å²) in [5.41, 5.74) is 1.41. The lowest BCUT2D eigenvalue weighted by Gasteiger charge is -2.11. The highest BCUT2D eigenvalue weighted by Gasteiger charge is 2.24. The van der Waals surface area contributed by atoms with Crippen molar-refractivity contribution in [2.45, 2.75) is 18.9 Å². The molecule has 0 aromatic carbocycles. The zero-order chi connectivity index (χ0) is 9.10. The van der Waals surface area contributed by atoms with Gasteiger partial charge in [-0.15, -0.1) is 0 Å². The highest BCUT2D eigenvalue weighted by molar-refractivity contribution is 7.07. The van der Waals surface area contributed by atoms with E-state index in [0.717, 1.165) is 25.9 Å². The molecule has 1 aromatic heterocycles. The third kappa shape index (κ3) is 2.30. The van der Waals surface area contributed by atoms with Crippen LogP contribution in [0.25, 0.3) is 0 Å². The Balaban J connectivity index is 1.79. The molecule has 0 saturated carbocycles. The summed E-state index contributed by atoms with van der Waals surface area (Å²) >= 11 is 1.74. The van der Waals surface area contributed by atoms with Gasteiger partial charge in [-0.3, -0.25) is 0 Å². The molecule has 0 unspecified atom stereocenters. The van der Waals surface area contributed by atoms with Gasteiger partial charge in [0.05, 0.1) is 6.10 Å². The van der Waals surface area contributed by atoms with Gasteiger partial charge in [-0.25, -0.2) is 0 Å². The molecule has 1 aromatic rings. The van der Waals surface area contributed by atoms with Crippen molar-refractivity contribution in [3.8, 4) is 0 Å². The summed E-state index contributed by atoms with van der Waals surface area (Å²) < 4.78 is 0. The SMILES string of the molecule is O[C@@H]1CNC[C@H]1CCc1ccsc1. The van der Waals surface area contributed by atoms with Gasteiger partial charge in [0.2, 0.25) is 0 Å². The normalized spacial score (nSPS) is 28.1. The molecule has 3 heteroatoms. The van der Waals surface area contributed by atoms with Crippen molar-refractivity contribution in [1.82, 2.24) is 5.32 Å². The van der Waals surface area contributed by atoms with E-state index < -0.39 is 0 Å². The molecule has 72 valence electrons. The first-order valence-electron chi connectivity index (χ1n) is 4.76. The average molecular weight is 197 g/mol. The maximum absolute atomic E-state index is 9.56. The minimum atomic E-state index is -0.126. The predicted octanol–water partition coefficient (Wildman–Crippen LogP) is 1.26. The number of β-amino-alcohol motifs (C(OH)–C–C–N with tert-alkyl or cyclic N) is 1. The summed E-state index contributed by atoms with van der Waals surface area (Å²) in [6, 6.07) is 2.17. The van der Waals surface area contributed by atoms with Gasteiger partial charge >= 0.3 is 0 Å². The zero-order valence-electron chi connectivity index (χ0n) is 7.57. The van der Waals surface area contributed by atoms with E-state index >= 15 is 0 Å². The Bertz CT molecular complexity index is 247. The van der Waals surface area contributed by atoms with Crippen LogP contribution in [0.15, 0.2) is 16.8 Å². The number of nitrogens with one attached hydrogen (secondary N) is 1. The molecule has 2 heterocycles. The first-order valence-corrected chi connectivity index (χ1v) is 5.70. The maximum Gasteiger partial charge on any atom is 0.0704 e. The van der Waals surface area contributed by atoms with Crippen LogP contribution in [0.4, 0.5) is 0 Å². The third-order valence-electron chi connectivity index (χ3n) is 2.69. The molecule has 0 bridgehead atoms. The van der Waals surface area contributed by atoms with E-state index in [9.17, 15) is 5.11 Å². The van der Waals surface area contributed by atoms with E-state index in [1.165, 1.54) is 5.56 Å². The number of hydrogen-bond donors (Lipinski definition) is 2. The van der Waals surface area contributed by atoms with Gasteiger partial charge < -0.3 is 10.4 Å². The predicted molar refractivity (Wildman–Crippen MR) is 55.0 cm³/mol. The second kappa shape index (κ2) is 4.22. The summed E-state index contributed by atoms with van der Waals surface area (Å²) in [6.07, 6.45) is 2.08. The first kappa shape index (κ1) is 9.19. The molecule has 13 heavy (non-hydrogen) atoms. The second-order valence-electron chi connectivity index (χ2n) is 3.66. The second-order valence-corrected chi connectivity index (χ2v) is 4.44. The summed E-state index contributed by atoms with van der Waals surface area (Å²) in [5, 5.41) is 17.1. The van der Waals surface area contributed by atoms with Crippen LogP contribution in [0.2, 0.25) is 0 Å². The number of aliphatic hydroxyl groups excluding tert-OH is 1. The molecule has 0 spiro atoms. The summed E-state index contributed by atoms with van der Waals surface area (Å²) in [6.45, 7) is 1.75. The van der Waals surface area contributed by atoms with Crippen molar-refractivity contribution >= 4 is 11.3 Å². The van der Waals surface area contributed by atoms with Crippen molar-refractivity contribution in [2.24, 2.45) is 5.92 Å². The molecular formula is C10H15NOS. The Kier molecular flexibility index (Phi) is 2.98. The Morgan fingerprint density at radius 2 is 2.46 bits per heavy atom. The molecule has 0 aliphatic carbocycles. The van der Waals surface area contributed by atoms with Gasteiger partial charge in [0, 0.05) is 13.1 Å². The van der Waals surface area contributed by atoms with E-state index in [0.29, 0.717) is 5.92 Å². The molecule has 1 aliphatic heterocycles. The third-order valence-corrected chi connectivity index (χ3v) is 3.42. The molecule has 2 rings (SSSR count). The number of hydrogen-bond acceptors (Lipinski definition) is 3. The van der Waals surface area contributed by atoms with E-state index in [1.54, 1.807) is 11.3 Å². The van der Waals surface area contributed by atoms with Crippen LogP contribution in [0.5, 0.6) is 0 Å². The van der Waals surface area contributed by atoms with E-state index in [-0.39, 0.29) is 6.10 Å². The number of rotatable bonds is 3. The Morgan fingerprint density at radius 1 is 1.54 bits per heavy atom. The fourth-order valence-electron chi connectivity index (χ4n) is 1.80. The standard InChI is InChI=1S/C10H15NOS/c12-10-6-11-5-9(10)2-1-8-3-4-13-7-8/h3-4,7,9-12H,1-2,5-6H2/t9-,10-/m1/s1. The molecule has 1 fully saturated rings. The van der Waals surface area contributed by atoms with Crippen molar-refractivity contribution < 1.29 is 5.11 Å². The van der Waals surface area contributed by atoms with Crippen molar-refractivity contribution in [1.29, 1.82) is 0 Å². The fourth-order valence-corrected chi connectivity index (χ4v) is 2.50. The van der Waals surface area contributed by atoms with Gasteiger partial charge in [-0.05, 0) is 41.1 Å². The molecule has 2 nitrogen and oxygen atoms in total. The van der Waals surface area contributed by atoms with Gasteiger partial charge in [0.25, 0.3) is 0 Å². The van der Waals surface area contributed by atoms with E-state index in [4.69, 9.17) is 0 Å². The zero-order valence-corrected chi connectivity index (χ0v) is 8.39. The molecule has 2 atom stereocenters. The van der Waals surface area contributed by atoms with Crippen LogP contribution >= 0.6 is 11.3 Å². The molecule has 0 amide bonds. The minimum Gasteiger partial charge on any atom is -0.391 e. The number of aryl methyl sites for hydroxylation is 1. The highest BCUT2D eigenvalue weighted by atomic mass is 32.1. The minimum absolute atomic E-state index is 0.126. The molecule has 1 aliphatic rings. The monoisotopic (exact) mass is 197 g/mol. The average Bonchev–Trinajstić information content (AvgIpc) is 2.72. The Morgan fingerprint density at radius 3 is 3.08 bits per heavy atom. The van der Waals surface area contributed by atoms with Crippen LogP contribution < -0.4 is 5.32 Å². The molecule has 1 saturated heterocycles. The molecule has 0 radical (unpaired) electrons.